The molecule has 0 aromatic heterocycles. The smallest absolute Gasteiger partial charge is 0.251 e. The van der Waals surface area contributed by atoms with Gasteiger partial charge in [-0.1, -0.05) is 24.3 Å². The third-order valence-electron chi connectivity index (χ3n) is 4.27. The van der Waals surface area contributed by atoms with Crippen LogP contribution < -0.4 is 25.4 Å². The van der Waals surface area contributed by atoms with Gasteiger partial charge in [-0.05, 0) is 36.8 Å². The number of benzene rings is 2. The van der Waals surface area contributed by atoms with E-state index in [0.717, 1.165) is 17.1 Å². The molecule has 1 aliphatic rings. The van der Waals surface area contributed by atoms with E-state index >= 15 is 0 Å². The Hall–Kier alpha value is -2.49. The maximum absolute atomic E-state index is 12.0. The van der Waals surface area contributed by atoms with Gasteiger partial charge in [-0.15, -0.1) is 24.0 Å². The number of para-hydroxylation sites is 2. The highest BCUT2D eigenvalue weighted by molar-refractivity contribution is 14.0. The highest BCUT2D eigenvalue weighted by atomic mass is 127. The second-order valence-electron chi connectivity index (χ2n) is 6.36. The first-order valence-electron chi connectivity index (χ1n) is 9.39. The van der Waals surface area contributed by atoms with Crippen LogP contribution in [0.15, 0.2) is 53.5 Å². The zero-order chi connectivity index (χ0) is 19.8. The van der Waals surface area contributed by atoms with Crippen molar-refractivity contribution in [3.63, 3.8) is 0 Å². The number of rotatable bonds is 6. The van der Waals surface area contributed by atoms with Crippen LogP contribution in [0.5, 0.6) is 11.5 Å². The maximum atomic E-state index is 12.0. The van der Waals surface area contributed by atoms with Gasteiger partial charge in [-0.3, -0.25) is 9.79 Å². The second kappa shape index (κ2) is 11.5. The summed E-state index contributed by atoms with van der Waals surface area (Å²) in [6.45, 7) is 4.11. The van der Waals surface area contributed by atoms with E-state index in [1.54, 1.807) is 13.1 Å². The van der Waals surface area contributed by atoms with E-state index in [1.807, 2.05) is 49.4 Å². The number of ether oxygens (including phenoxy) is 2. The summed E-state index contributed by atoms with van der Waals surface area (Å²) in [4.78, 5) is 16.2. The molecule has 7 nitrogen and oxygen atoms in total. The van der Waals surface area contributed by atoms with Crippen molar-refractivity contribution in [1.29, 1.82) is 0 Å². The Morgan fingerprint density at radius 3 is 2.66 bits per heavy atom. The molecule has 0 bridgehead atoms. The number of nitrogens with zero attached hydrogens (tertiary/aromatic N) is 1. The van der Waals surface area contributed by atoms with Gasteiger partial charge in [0.25, 0.3) is 5.91 Å². The van der Waals surface area contributed by atoms with Crippen LogP contribution in [-0.2, 0) is 6.54 Å². The monoisotopic (exact) mass is 510 g/mol. The molecule has 1 amide bonds. The summed E-state index contributed by atoms with van der Waals surface area (Å²) < 4.78 is 11.7. The highest BCUT2D eigenvalue weighted by Crippen LogP contribution is 2.30. The number of amides is 1. The summed E-state index contributed by atoms with van der Waals surface area (Å²) >= 11 is 0. The Morgan fingerprint density at radius 2 is 1.90 bits per heavy atom. The van der Waals surface area contributed by atoms with Crippen molar-refractivity contribution in [3.05, 3.63) is 59.7 Å². The van der Waals surface area contributed by atoms with Crippen LogP contribution in [0.1, 0.15) is 22.8 Å². The highest BCUT2D eigenvalue weighted by Gasteiger charge is 2.20. The molecule has 1 heterocycles. The number of hydrogen-bond acceptors (Lipinski definition) is 4. The minimum absolute atomic E-state index is 0. The average molecular weight is 510 g/mol. The molecule has 0 aliphatic carbocycles. The quantitative estimate of drug-likeness (QED) is 0.316. The van der Waals surface area contributed by atoms with Gasteiger partial charge in [-0.2, -0.15) is 0 Å². The Bertz CT molecular complexity index is 844. The number of hydrogen-bond donors (Lipinski definition) is 3. The summed E-state index contributed by atoms with van der Waals surface area (Å²) in [5, 5.41) is 9.31. The summed E-state index contributed by atoms with van der Waals surface area (Å²) in [7, 11) is 1.72. The zero-order valence-electron chi connectivity index (χ0n) is 16.6. The first-order valence-corrected chi connectivity index (χ1v) is 9.39. The maximum Gasteiger partial charge on any atom is 0.251 e. The van der Waals surface area contributed by atoms with Gasteiger partial charge < -0.3 is 25.4 Å². The van der Waals surface area contributed by atoms with E-state index in [9.17, 15) is 4.79 Å². The van der Waals surface area contributed by atoms with Crippen molar-refractivity contribution >= 4 is 35.8 Å². The minimum atomic E-state index is -0.102. The third-order valence-corrected chi connectivity index (χ3v) is 4.27. The Labute approximate surface area is 188 Å². The van der Waals surface area contributed by atoms with Crippen LogP contribution in [0.3, 0.4) is 0 Å². The molecule has 8 heteroatoms. The van der Waals surface area contributed by atoms with Crippen molar-refractivity contribution in [2.45, 2.75) is 19.6 Å². The number of aliphatic imine (C=N–C) groups is 1. The molecule has 0 fully saturated rings. The van der Waals surface area contributed by atoms with Gasteiger partial charge in [0.15, 0.2) is 17.5 Å². The number of carbonyl (C=O) groups is 1. The molecular weight excluding hydrogens is 483 g/mol. The molecule has 1 atom stereocenters. The zero-order valence-corrected chi connectivity index (χ0v) is 18.9. The lowest BCUT2D eigenvalue weighted by Gasteiger charge is -2.27. The van der Waals surface area contributed by atoms with Crippen molar-refractivity contribution in [2.24, 2.45) is 4.99 Å². The molecule has 156 valence electrons. The molecule has 29 heavy (non-hydrogen) atoms. The summed E-state index contributed by atoms with van der Waals surface area (Å²) in [5.41, 5.74) is 1.65. The second-order valence-corrected chi connectivity index (χ2v) is 6.36. The van der Waals surface area contributed by atoms with E-state index in [0.29, 0.717) is 37.8 Å². The predicted molar refractivity (Wildman–Crippen MR) is 124 cm³/mol. The van der Waals surface area contributed by atoms with Crippen molar-refractivity contribution in [3.8, 4) is 11.5 Å². The third kappa shape index (κ3) is 6.52. The van der Waals surface area contributed by atoms with Gasteiger partial charge in [0, 0.05) is 25.7 Å². The number of nitrogens with one attached hydrogen (secondary N) is 3. The van der Waals surface area contributed by atoms with E-state index < -0.39 is 0 Å². The van der Waals surface area contributed by atoms with Gasteiger partial charge in [0.05, 0.1) is 6.54 Å². The predicted octanol–water partition coefficient (Wildman–Crippen LogP) is 2.56. The Morgan fingerprint density at radius 1 is 1.10 bits per heavy atom. The van der Waals surface area contributed by atoms with Crippen LogP contribution in [0, 0.1) is 0 Å². The standard InChI is InChI=1S/C21H26N4O3.HI/c1-3-23-20(26)16-8-6-7-15(11-16)12-24-21(22-2)25-13-17-14-27-18-9-4-5-10-19(18)28-17;/h4-11,17H,3,12-14H2,1-2H3,(H,23,26)(H2,22,24,25);1H. The minimum Gasteiger partial charge on any atom is -0.486 e. The molecule has 0 spiro atoms. The lowest BCUT2D eigenvalue weighted by molar-refractivity contribution is 0.0936. The van der Waals surface area contributed by atoms with Crippen LogP contribution in [0.25, 0.3) is 0 Å². The fourth-order valence-corrected chi connectivity index (χ4v) is 2.87. The van der Waals surface area contributed by atoms with Crippen molar-refractivity contribution < 1.29 is 14.3 Å². The van der Waals surface area contributed by atoms with Gasteiger partial charge >= 0.3 is 0 Å². The van der Waals surface area contributed by atoms with Crippen molar-refractivity contribution in [1.82, 2.24) is 16.0 Å². The van der Waals surface area contributed by atoms with Crippen LogP contribution >= 0.6 is 24.0 Å². The first-order chi connectivity index (χ1) is 13.7. The first kappa shape index (κ1) is 22.8. The van der Waals surface area contributed by atoms with E-state index in [4.69, 9.17) is 9.47 Å². The number of fused-ring (bicyclic) bond motifs is 1. The number of halogens is 1. The van der Waals surface area contributed by atoms with Crippen LogP contribution in [0.2, 0.25) is 0 Å². The molecule has 3 rings (SSSR count). The van der Waals surface area contributed by atoms with E-state index in [-0.39, 0.29) is 36.0 Å². The Balaban J connectivity index is 0.00000300. The Kier molecular flexibility index (Phi) is 9.04. The van der Waals surface area contributed by atoms with Crippen LogP contribution in [-0.4, -0.2) is 44.7 Å². The summed E-state index contributed by atoms with van der Waals surface area (Å²) in [5.74, 6) is 2.12. The SMILES string of the molecule is CCNC(=O)c1cccc(CNC(=NC)NCC2COc3ccccc3O2)c1.I. The summed E-state index contributed by atoms with van der Waals surface area (Å²) in [6.07, 6.45) is -0.102. The van der Waals surface area contributed by atoms with Gasteiger partial charge in [0.1, 0.15) is 12.7 Å². The molecule has 2 aromatic carbocycles. The lowest BCUT2D eigenvalue weighted by atomic mass is 10.1. The molecule has 0 radical (unpaired) electrons. The summed E-state index contributed by atoms with van der Waals surface area (Å²) in [6, 6.07) is 15.2. The van der Waals surface area contributed by atoms with E-state index in [2.05, 4.69) is 20.9 Å². The molecular formula is C21H27IN4O3. The lowest BCUT2D eigenvalue weighted by Crippen LogP contribution is -2.45. The van der Waals surface area contributed by atoms with Gasteiger partial charge in [-0.25, -0.2) is 0 Å². The molecule has 0 saturated carbocycles. The topological polar surface area (TPSA) is 84.0 Å². The van der Waals surface area contributed by atoms with E-state index in [1.165, 1.54) is 0 Å². The fourth-order valence-electron chi connectivity index (χ4n) is 2.87. The molecule has 2 aromatic rings. The van der Waals surface area contributed by atoms with Crippen LogP contribution in [0.4, 0.5) is 0 Å². The number of carbonyl (C=O) groups excluding carboxylic acids is 1. The molecule has 3 N–H and O–H groups in total. The van der Waals surface area contributed by atoms with Crippen molar-refractivity contribution in [2.75, 3.05) is 26.7 Å². The largest absolute Gasteiger partial charge is 0.486 e. The average Bonchev–Trinajstić information content (AvgIpc) is 2.74. The number of guanidine groups is 1. The fraction of sp³-hybridized carbons (Fsp3) is 0.333. The molecule has 1 aliphatic heterocycles. The normalized spacial score (nSPS) is 15.1. The molecule has 0 saturated heterocycles. The van der Waals surface area contributed by atoms with Gasteiger partial charge in [0.2, 0.25) is 0 Å². The molecule has 1 unspecified atom stereocenters.